The molecule has 1 rings (SSSR count). The minimum Gasteiger partial charge on any atom is -0.316 e. The Morgan fingerprint density at radius 1 is 1.78 bits per heavy atom. The quantitative estimate of drug-likeness (QED) is 0.539. The number of rotatable bonds is 2. The lowest BCUT2D eigenvalue weighted by molar-refractivity contribution is -0.117. The normalized spacial score (nSPS) is 26.0. The van der Waals surface area contributed by atoms with E-state index < -0.39 is 0 Å². The van der Waals surface area contributed by atoms with E-state index in [0.717, 1.165) is 19.5 Å². The molecule has 0 aromatic rings. The summed E-state index contributed by atoms with van der Waals surface area (Å²) < 4.78 is 0. The van der Waals surface area contributed by atoms with E-state index in [1.165, 1.54) is 6.08 Å². The standard InChI is InChI=1S/C7H11NO/c1-2-7(9)6-3-4-8-5-6/h2,6,8H,1,3-5H2/t6-/m1/s1. The predicted octanol–water partition coefficient (Wildman–Crippen LogP) is 0.351. The van der Waals surface area contributed by atoms with Crippen LogP contribution in [0, 0.1) is 5.92 Å². The number of nitrogens with one attached hydrogen (secondary N) is 1. The largest absolute Gasteiger partial charge is 0.316 e. The van der Waals surface area contributed by atoms with Crippen LogP contribution in [-0.4, -0.2) is 18.9 Å². The van der Waals surface area contributed by atoms with Gasteiger partial charge in [-0.15, -0.1) is 0 Å². The van der Waals surface area contributed by atoms with E-state index in [1.807, 2.05) is 0 Å². The summed E-state index contributed by atoms with van der Waals surface area (Å²) in [7, 11) is 0. The van der Waals surface area contributed by atoms with Crippen molar-refractivity contribution in [2.45, 2.75) is 6.42 Å². The fraction of sp³-hybridized carbons (Fsp3) is 0.571. The van der Waals surface area contributed by atoms with Gasteiger partial charge in [-0.2, -0.15) is 0 Å². The molecule has 1 N–H and O–H groups in total. The smallest absolute Gasteiger partial charge is 0.159 e. The first-order valence-corrected chi connectivity index (χ1v) is 3.21. The molecule has 9 heavy (non-hydrogen) atoms. The predicted molar refractivity (Wildman–Crippen MR) is 36.2 cm³/mol. The van der Waals surface area contributed by atoms with Gasteiger partial charge < -0.3 is 5.32 Å². The zero-order valence-corrected chi connectivity index (χ0v) is 5.39. The van der Waals surface area contributed by atoms with Gasteiger partial charge in [-0.25, -0.2) is 0 Å². The number of hydrogen-bond donors (Lipinski definition) is 1. The Bertz CT molecular complexity index is 125. The number of ketones is 1. The molecule has 1 aliphatic heterocycles. The van der Waals surface area contributed by atoms with Gasteiger partial charge in [0.15, 0.2) is 5.78 Å². The molecule has 0 aromatic heterocycles. The molecule has 50 valence electrons. The molecule has 0 spiro atoms. The average molecular weight is 125 g/mol. The van der Waals surface area contributed by atoms with Crippen LogP contribution in [0.3, 0.4) is 0 Å². The van der Waals surface area contributed by atoms with Crippen molar-refractivity contribution < 1.29 is 4.79 Å². The fourth-order valence-corrected chi connectivity index (χ4v) is 1.06. The van der Waals surface area contributed by atoms with Crippen LogP contribution in [0.1, 0.15) is 6.42 Å². The zero-order valence-electron chi connectivity index (χ0n) is 5.39. The van der Waals surface area contributed by atoms with E-state index >= 15 is 0 Å². The van der Waals surface area contributed by atoms with Crippen LogP contribution in [0.25, 0.3) is 0 Å². The highest BCUT2D eigenvalue weighted by molar-refractivity contribution is 5.91. The second-order valence-electron chi connectivity index (χ2n) is 2.30. The molecule has 0 radical (unpaired) electrons. The Balaban J connectivity index is 2.41. The first kappa shape index (κ1) is 6.49. The Morgan fingerprint density at radius 3 is 3.00 bits per heavy atom. The molecule has 1 aliphatic rings. The number of carbonyl (C=O) groups excluding carboxylic acids is 1. The van der Waals surface area contributed by atoms with Gasteiger partial charge in [-0.05, 0) is 19.0 Å². The molecule has 1 atom stereocenters. The van der Waals surface area contributed by atoms with E-state index in [4.69, 9.17) is 0 Å². The van der Waals surface area contributed by atoms with Gasteiger partial charge in [-0.3, -0.25) is 4.79 Å². The Kier molecular flexibility index (Phi) is 2.01. The van der Waals surface area contributed by atoms with Crippen LogP contribution >= 0.6 is 0 Å². The van der Waals surface area contributed by atoms with Gasteiger partial charge in [0.05, 0.1) is 0 Å². The molecule has 1 fully saturated rings. The van der Waals surface area contributed by atoms with E-state index in [9.17, 15) is 4.79 Å². The summed E-state index contributed by atoms with van der Waals surface area (Å²) >= 11 is 0. The lowest BCUT2D eigenvalue weighted by Gasteiger charge is -1.99. The van der Waals surface area contributed by atoms with Gasteiger partial charge in [0.2, 0.25) is 0 Å². The zero-order chi connectivity index (χ0) is 6.69. The van der Waals surface area contributed by atoms with Crippen molar-refractivity contribution in [1.29, 1.82) is 0 Å². The summed E-state index contributed by atoms with van der Waals surface area (Å²) in [6.07, 6.45) is 2.39. The molecule has 1 saturated heterocycles. The number of carbonyl (C=O) groups is 1. The SMILES string of the molecule is C=CC(=O)[C@@H]1CCNC1. The minimum atomic E-state index is 0.181. The van der Waals surface area contributed by atoms with Gasteiger partial charge in [0.25, 0.3) is 0 Å². The molecule has 0 bridgehead atoms. The molecular formula is C7H11NO. The van der Waals surface area contributed by atoms with Crippen LogP contribution in [0.15, 0.2) is 12.7 Å². The Hall–Kier alpha value is -0.630. The summed E-state index contributed by atoms with van der Waals surface area (Å²) in [5.74, 6) is 0.391. The van der Waals surface area contributed by atoms with E-state index in [2.05, 4.69) is 11.9 Å². The van der Waals surface area contributed by atoms with Crippen LogP contribution in [-0.2, 0) is 4.79 Å². The number of allylic oxidation sites excluding steroid dienone is 1. The van der Waals surface area contributed by atoms with Crippen molar-refractivity contribution >= 4 is 5.78 Å². The molecular weight excluding hydrogens is 114 g/mol. The lowest BCUT2D eigenvalue weighted by atomic mass is 10.0. The van der Waals surface area contributed by atoms with Gasteiger partial charge >= 0.3 is 0 Å². The first-order valence-electron chi connectivity index (χ1n) is 3.21. The van der Waals surface area contributed by atoms with Crippen LogP contribution in [0.2, 0.25) is 0 Å². The van der Waals surface area contributed by atoms with Crippen LogP contribution in [0.4, 0.5) is 0 Å². The lowest BCUT2D eigenvalue weighted by Crippen LogP contribution is -2.15. The molecule has 2 heteroatoms. The summed E-state index contributed by atoms with van der Waals surface area (Å²) in [4.78, 5) is 10.9. The van der Waals surface area contributed by atoms with Crippen molar-refractivity contribution in [2.24, 2.45) is 5.92 Å². The Labute approximate surface area is 54.9 Å². The van der Waals surface area contributed by atoms with Gasteiger partial charge in [0, 0.05) is 12.5 Å². The second kappa shape index (κ2) is 2.78. The maximum atomic E-state index is 10.9. The molecule has 0 saturated carbocycles. The maximum absolute atomic E-state index is 10.9. The molecule has 0 aliphatic carbocycles. The highest BCUT2D eigenvalue weighted by Gasteiger charge is 2.19. The van der Waals surface area contributed by atoms with Gasteiger partial charge in [0.1, 0.15) is 0 Å². The average Bonchev–Trinajstić information content (AvgIpc) is 2.37. The van der Waals surface area contributed by atoms with E-state index in [0.29, 0.717) is 0 Å². The van der Waals surface area contributed by atoms with Crippen molar-refractivity contribution in [2.75, 3.05) is 13.1 Å². The number of hydrogen-bond acceptors (Lipinski definition) is 2. The first-order chi connectivity index (χ1) is 4.34. The van der Waals surface area contributed by atoms with E-state index in [-0.39, 0.29) is 11.7 Å². The van der Waals surface area contributed by atoms with Crippen molar-refractivity contribution in [3.8, 4) is 0 Å². The summed E-state index contributed by atoms with van der Waals surface area (Å²) in [6, 6.07) is 0. The Morgan fingerprint density at radius 2 is 2.56 bits per heavy atom. The van der Waals surface area contributed by atoms with Crippen molar-refractivity contribution in [3.63, 3.8) is 0 Å². The molecule has 0 unspecified atom stereocenters. The fourth-order valence-electron chi connectivity index (χ4n) is 1.06. The minimum absolute atomic E-state index is 0.181. The third-order valence-corrected chi connectivity index (χ3v) is 1.66. The van der Waals surface area contributed by atoms with Gasteiger partial charge in [-0.1, -0.05) is 6.58 Å². The topological polar surface area (TPSA) is 29.1 Å². The van der Waals surface area contributed by atoms with Crippen LogP contribution in [0.5, 0.6) is 0 Å². The monoisotopic (exact) mass is 125 g/mol. The maximum Gasteiger partial charge on any atom is 0.159 e. The summed E-state index contributed by atoms with van der Waals surface area (Å²) in [5, 5.41) is 3.12. The molecule has 1 heterocycles. The third kappa shape index (κ3) is 1.39. The van der Waals surface area contributed by atoms with Crippen LogP contribution < -0.4 is 5.32 Å². The molecule has 0 aromatic carbocycles. The second-order valence-corrected chi connectivity index (χ2v) is 2.30. The highest BCUT2D eigenvalue weighted by atomic mass is 16.1. The van der Waals surface area contributed by atoms with Crippen molar-refractivity contribution in [1.82, 2.24) is 5.32 Å². The third-order valence-electron chi connectivity index (χ3n) is 1.66. The molecule has 2 nitrogen and oxygen atoms in total. The molecule has 0 amide bonds. The van der Waals surface area contributed by atoms with E-state index in [1.54, 1.807) is 0 Å². The summed E-state index contributed by atoms with van der Waals surface area (Å²) in [6.45, 7) is 5.24. The highest BCUT2D eigenvalue weighted by Crippen LogP contribution is 2.08. The summed E-state index contributed by atoms with van der Waals surface area (Å²) in [5.41, 5.74) is 0. The van der Waals surface area contributed by atoms with Crippen molar-refractivity contribution in [3.05, 3.63) is 12.7 Å².